The predicted octanol–water partition coefficient (Wildman–Crippen LogP) is 1.31. The fraction of sp³-hybridized carbons (Fsp3) is 0.368. The molecular formula is C19H22N4O6. The molecule has 0 aliphatic carbocycles. The van der Waals surface area contributed by atoms with Crippen LogP contribution >= 0.6 is 0 Å². The van der Waals surface area contributed by atoms with Gasteiger partial charge < -0.3 is 24.2 Å². The number of imide groups is 1. The minimum atomic E-state index is -0.467. The van der Waals surface area contributed by atoms with E-state index in [4.69, 9.17) is 14.0 Å². The Hall–Kier alpha value is -3.56. The van der Waals surface area contributed by atoms with Gasteiger partial charge in [0.15, 0.2) is 17.3 Å². The van der Waals surface area contributed by atoms with Crippen LogP contribution in [0.1, 0.15) is 18.5 Å². The zero-order valence-electron chi connectivity index (χ0n) is 16.2. The van der Waals surface area contributed by atoms with E-state index in [-0.39, 0.29) is 37.7 Å². The molecule has 1 saturated heterocycles. The molecule has 2 N–H and O–H groups in total. The van der Waals surface area contributed by atoms with Crippen LogP contribution < -0.4 is 20.1 Å². The molecule has 0 saturated carbocycles. The van der Waals surface area contributed by atoms with Crippen LogP contribution in [-0.2, 0) is 16.1 Å². The van der Waals surface area contributed by atoms with Crippen LogP contribution in [0.2, 0.25) is 0 Å². The maximum absolute atomic E-state index is 12.0. The summed E-state index contributed by atoms with van der Waals surface area (Å²) in [6, 6.07) is 6.62. The summed E-state index contributed by atoms with van der Waals surface area (Å²) in [4.78, 5) is 36.2. The molecule has 10 heteroatoms. The largest absolute Gasteiger partial charge is 0.493 e. The number of benzene rings is 1. The van der Waals surface area contributed by atoms with Crippen molar-refractivity contribution in [2.45, 2.75) is 19.4 Å². The summed E-state index contributed by atoms with van der Waals surface area (Å²) < 4.78 is 15.8. The minimum Gasteiger partial charge on any atom is -0.493 e. The smallest absolute Gasteiger partial charge is 0.324 e. The Labute approximate surface area is 167 Å². The highest BCUT2D eigenvalue weighted by molar-refractivity contribution is 5.96. The number of aromatic nitrogens is 1. The molecular weight excluding hydrogens is 380 g/mol. The number of amides is 4. The van der Waals surface area contributed by atoms with Crippen LogP contribution in [0, 0.1) is 0 Å². The number of hydrogen-bond acceptors (Lipinski definition) is 7. The molecule has 29 heavy (non-hydrogen) atoms. The van der Waals surface area contributed by atoms with Gasteiger partial charge in [-0.15, -0.1) is 0 Å². The first-order chi connectivity index (χ1) is 14.0. The van der Waals surface area contributed by atoms with E-state index in [1.807, 2.05) is 6.07 Å². The first kappa shape index (κ1) is 20.2. The molecule has 1 aliphatic rings. The first-order valence-electron chi connectivity index (χ1n) is 9.03. The molecule has 1 aromatic carbocycles. The highest BCUT2D eigenvalue weighted by Crippen LogP contribution is 2.32. The zero-order valence-corrected chi connectivity index (χ0v) is 16.2. The van der Waals surface area contributed by atoms with E-state index < -0.39 is 6.03 Å². The van der Waals surface area contributed by atoms with Crippen molar-refractivity contribution in [3.05, 3.63) is 30.0 Å². The Balaban J connectivity index is 1.51. The van der Waals surface area contributed by atoms with Gasteiger partial charge in [0.25, 0.3) is 0 Å². The molecule has 0 radical (unpaired) electrons. The van der Waals surface area contributed by atoms with E-state index in [1.165, 1.54) is 4.90 Å². The van der Waals surface area contributed by atoms with E-state index in [0.717, 1.165) is 5.56 Å². The minimum absolute atomic E-state index is 0.127. The number of rotatable bonds is 8. The Morgan fingerprint density at radius 2 is 2.03 bits per heavy atom. The Bertz CT molecular complexity index is 910. The van der Waals surface area contributed by atoms with Crippen molar-refractivity contribution in [3.8, 4) is 22.8 Å². The van der Waals surface area contributed by atoms with Crippen molar-refractivity contribution in [2.24, 2.45) is 0 Å². The maximum atomic E-state index is 12.0. The molecule has 1 aliphatic heterocycles. The molecule has 10 nitrogen and oxygen atoms in total. The average Bonchev–Trinajstić information content (AvgIpc) is 3.20. The second-order valence-electron chi connectivity index (χ2n) is 6.37. The van der Waals surface area contributed by atoms with Crippen molar-refractivity contribution in [2.75, 3.05) is 27.3 Å². The lowest BCUT2D eigenvalue weighted by Gasteiger charge is -2.26. The van der Waals surface area contributed by atoms with Crippen LogP contribution in [0.3, 0.4) is 0 Å². The van der Waals surface area contributed by atoms with Gasteiger partial charge in [0.2, 0.25) is 11.8 Å². The van der Waals surface area contributed by atoms with Crippen molar-refractivity contribution >= 4 is 17.8 Å². The quantitative estimate of drug-likeness (QED) is 0.682. The third-order valence-electron chi connectivity index (χ3n) is 4.44. The number of hydrogen-bond donors (Lipinski definition) is 2. The molecule has 1 aromatic heterocycles. The van der Waals surface area contributed by atoms with Crippen molar-refractivity contribution in [3.63, 3.8) is 0 Å². The molecule has 0 atom stereocenters. The van der Waals surface area contributed by atoms with E-state index in [0.29, 0.717) is 29.5 Å². The van der Waals surface area contributed by atoms with Gasteiger partial charge >= 0.3 is 6.03 Å². The van der Waals surface area contributed by atoms with Gasteiger partial charge in [-0.25, -0.2) is 4.79 Å². The van der Waals surface area contributed by atoms with Crippen molar-refractivity contribution < 1.29 is 28.4 Å². The van der Waals surface area contributed by atoms with Crippen LogP contribution in [0.15, 0.2) is 28.8 Å². The molecule has 0 bridgehead atoms. The van der Waals surface area contributed by atoms with Gasteiger partial charge in [-0.2, -0.15) is 0 Å². The highest BCUT2D eigenvalue weighted by atomic mass is 16.5. The van der Waals surface area contributed by atoms with E-state index in [1.54, 1.807) is 32.4 Å². The first-order valence-corrected chi connectivity index (χ1v) is 9.03. The standard InChI is InChI=1S/C19H22N4O6/c1-27-14-4-3-12(9-16(14)28-2)15-10-13(22-29-15)11-20-17(24)5-7-23-8-6-18(25)21-19(23)26/h3-4,9-10H,5-8,11H2,1-2H3,(H,20,24)(H,21,25,26). The topological polar surface area (TPSA) is 123 Å². The second kappa shape index (κ2) is 9.09. The van der Waals surface area contributed by atoms with Gasteiger partial charge in [0, 0.05) is 37.6 Å². The van der Waals surface area contributed by atoms with Gasteiger partial charge in [0.05, 0.1) is 20.8 Å². The summed E-state index contributed by atoms with van der Waals surface area (Å²) in [5.74, 6) is 1.18. The molecule has 4 amide bonds. The number of methoxy groups -OCH3 is 2. The number of carbonyl (C=O) groups excluding carboxylic acids is 3. The Morgan fingerprint density at radius 3 is 2.76 bits per heavy atom. The summed E-state index contributed by atoms with van der Waals surface area (Å²) >= 11 is 0. The molecule has 3 rings (SSSR count). The van der Waals surface area contributed by atoms with Crippen LogP contribution in [0.4, 0.5) is 4.79 Å². The monoisotopic (exact) mass is 402 g/mol. The number of nitrogens with zero attached hydrogens (tertiary/aromatic N) is 2. The lowest BCUT2D eigenvalue weighted by Crippen LogP contribution is -2.50. The van der Waals surface area contributed by atoms with E-state index in [9.17, 15) is 14.4 Å². The van der Waals surface area contributed by atoms with Gasteiger partial charge in [-0.05, 0) is 18.2 Å². The van der Waals surface area contributed by atoms with E-state index in [2.05, 4.69) is 15.8 Å². The second-order valence-corrected chi connectivity index (χ2v) is 6.37. The molecule has 0 spiro atoms. The average molecular weight is 402 g/mol. The molecule has 0 unspecified atom stereocenters. The zero-order chi connectivity index (χ0) is 20.8. The third kappa shape index (κ3) is 5.03. The number of carbonyl (C=O) groups is 3. The lowest BCUT2D eigenvalue weighted by atomic mass is 10.1. The maximum Gasteiger partial charge on any atom is 0.324 e. The van der Waals surface area contributed by atoms with Crippen LogP contribution in [0.25, 0.3) is 11.3 Å². The SMILES string of the molecule is COc1ccc(-c2cc(CNC(=O)CCN3CCC(=O)NC3=O)no2)cc1OC. The van der Waals surface area contributed by atoms with Crippen molar-refractivity contribution in [1.29, 1.82) is 0 Å². The molecule has 2 aromatic rings. The Kier molecular flexibility index (Phi) is 6.32. The highest BCUT2D eigenvalue weighted by Gasteiger charge is 2.23. The van der Waals surface area contributed by atoms with Gasteiger partial charge in [-0.3, -0.25) is 14.9 Å². The Morgan fingerprint density at radius 1 is 1.24 bits per heavy atom. The summed E-state index contributed by atoms with van der Waals surface area (Å²) in [7, 11) is 3.11. The van der Waals surface area contributed by atoms with Crippen LogP contribution in [-0.4, -0.2) is 55.2 Å². The molecule has 1 fully saturated rings. The fourth-order valence-electron chi connectivity index (χ4n) is 2.85. The van der Waals surface area contributed by atoms with Gasteiger partial charge in [-0.1, -0.05) is 5.16 Å². The van der Waals surface area contributed by atoms with E-state index >= 15 is 0 Å². The summed E-state index contributed by atoms with van der Waals surface area (Å²) in [6.45, 7) is 0.747. The molecule has 154 valence electrons. The summed E-state index contributed by atoms with van der Waals surface area (Å²) in [5, 5.41) is 8.92. The predicted molar refractivity (Wildman–Crippen MR) is 101 cm³/mol. The van der Waals surface area contributed by atoms with Crippen molar-refractivity contribution in [1.82, 2.24) is 20.7 Å². The number of urea groups is 1. The molecule has 2 heterocycles. The number of ether oxygens (including phenoxy) is 2. The number of nitrogens with one attached hydrogen (secondary N) is 2. The van der Waals surface area contributed by atoms with Crippen LogP contribution in [0.5, 0.6) is 11.5 Å². The summed E-state index contributed by atoms with van der Waals surface area (Å²) in [6.07, 6.45) is 0.368. The summed E-state index contributed by atoms with van der Waals surface area (Å²) in [5.41, 5.74) is 1.32. The lowest BCUT2D eigenvalue weighted by molar-refractivity contribution is -0.121. The van der Waals surface area contributed by atoms with Gasteiger partial charge in [0.1, 0.15) is 5.69 Å². The normalized spacial score (nSPS) is 13.8. The fourth-order valence-corrected chi connectivity index (χ4v) is 2.85. The third-order valence-corrected chi connectivity index (χ3v) is 4.44.